The molecule has 28 heavy (non-hydrogen) atoms. The summed E-state index contributed by atoms with van der Waals surface area (Å²) < 4.78 is 24.5. The van der Waals surface area contributed by atoms with Crippen LogP contribution < -0.4 is 16.2 Å². The number of carbonyl (C=O) groups excluding carboxylic acids is 1. The minimum atomic E-state index is -3.51. The third-order valence-corrected chi connectivity index (χ3v) is 6.06. The van der Waals surface area contributed by atoms with Gasteiger partial charge >= 0.3 is 0 Å². The molecule has 0 aliphatic rings. The Bertz CT molecular complexity index is 922. The summed E-state index contributed by atoms with van der Waals surface area (Å²) in [7, 11) is -3.51. The molecule has 8 heteroatoms. The fourth-order valence-corrected chi connectivity index (χ4v) is 3.80. The van der Waals surface area contributed by atoms with E-state index in [2.05, 4.69) is 30.0 Å². The quantitative estimate of drug-likeness (QED) is 0.492. The Morgan fingerprint density at radius 2 is 1.61 bits per heavy atom. The van der Waals surface area contributed by atoms with Crippen LogP contribution in [0, 0.1) is 6.92 Å². The number of thiocarbonyl (C=S) groups is 1. The Kier molecular flexibility index (Phi) is 7.53. The number of aryl methyl sites for hydroxylation is 1. The van der Waals surface area contributed by atoms with Crippen molar-refractivity contribution < 1.29 is 13.2 Å². The molecule has 0 aliphatic carbocycles. The second-order valence-corrected chi connectivity index (χ2v) is 9.30. The number of carbonyl (C=O) groups is 1. The van der Waals surface area contributed by atoms with Crippen molar-refractivity contribution >= 4 is 38.8 Å². The Balaban J connectivity index is 1.78. The summed E-state index contributed by atoms with van der Waals surface area (Å²) in [6, 6.07) is 14.4. The molecule has 0 saturated heterocycles. The smallest absolute Gasteiger partial charge is 0.239 e. The summed E-state index contributed by atoms with van der Waals surface area (Å²) in [5.74, 6) is -0.301. The van der Waals surface area contributed by atoms with Crippen LogP contribution in [0.15, 0.2) is 53.4 Å². The summed E-state index contributed by atoms with van der Waals surface area (Å²) in [5.41, 5.74) is 7.96. The van der Waals surface area contributed by atoms with Gasteiger partial charge in [0.2, 0.25) is 5.91 Å². The summed E-state index contributed by atoms with van der Waals surface area (Å²) in [6.07, 6.45) is -0.172. The molecule has 6 nitrogen and oxygen atoms in total. The first-order chi connectivity index (χ1) is 13.2. The van der Waals surface area contributed by atoms with E-state index in [-0.39, 0.29) is 22.2 Å². The zero-order chi connectivity index (χ0) is 20.7. The van der Waals surface area contributed by atoms with E-state index in [0.29, 0.717) is 5.92 Å². The zero-order valence-corrected chi connectivity index (χ0v) is 17.8. The van der Waals surface area contributed by atoms with Gasteiger partial charge in [0.05, 0.1) is 10.6 Å². The van der Waals surface area contributed by atoms with Crippen molar-refractivity contribution in [1.29, 1.82) is 0 Å². The fraction of sp³-hybridized carbons (Fsp3) is 0.300. The van der Waals surface area contributed by atoms with Crippen molar-refractivity contribution in [3.8, 4) is 0 Å². The Morgan fingerprint density at radius 1 is 1.00 bits per heavy atom. The zero-order valence-electron chi connectivity index (χ0n) is 16.2. The molecule has 0 bridgehead atoms. The van der Waals surface area contributed by atoms with Gasteiger partial charge in [-0.05, 0) is 54.9 Å². The maximum atomic E-state index is 12.3. The van der Waals surface area contributed by atoms with Gasteiger partial charge in [-0.1, -0.05) is 43.7 Å². The summed E-state index contributed by atoms with van der Waals surface area (Å²) in [4.78, 5) is 12.1. The van der Waals surface area contributed by atoms with Crippen molar-refractivity contribution in [1.82, 2.24) is 10.9 Å². The van der Waals surface area contributed by atoms with Crippen LogP contribution in [-0.4, -0.2) is 25.2 Å². The first-order valence-electron chi connectivity index (χ1n) is 8.92. The highest BCUT2D eigenvalue weighted by Crippen LogP contribution is 2.17. The summed E-state index contributed by atoms with van der Waals surface area (Å²) in [6.45, 7) is 6.11. The molecule has 0 atom stereocenters. The first-order valence-corrected chi connectivity index (χ1v) is 11.0. The number of anilines is 1. The Hall–Kier alpha value is -2.45. The van der Waals surface area contributed by atoms with Crippen LogP contribution in [-0.2, 0) is 14.6 Å². The lowest BCUT2D eigenvalue weighted by Crippen LogP contribution is -2.44. The number of hydrazine groups is 1. The second-order valence-electron chi connectivity index (χ2n) is 6.79. The molecule has 0 saturated carbocycles. The molecule has 0 heterocycles. The van der Waals surface area contributed by atoms with Gasteiger partial charge in [0, 0.05) is 12.1 Å². The Morgan fingerprint density at radius 3 is 2.18 bits per heavy atom. The lowest BCUT2D eigenvalue weighted by atomic mass is 10.0. The molecule has 3 N–H and O–H groups in total. The van der Waals surface area contributed by atoms with Gasteiger partial charge in [-0.3, -0.25) is 15.6 Å². The minimum Gasteiger partial charge on any atom is -0.331 e. The average molecular weight is 420 g/mol. The number of nitrogens with one attached hydrogen (secondary N) is 3. The van der Waals surface area contributed by atoms with Crippen LogP contribution in [0.2, 0.25) is 0 Å². The van der Waals surface area contributed by atoms with Gasteiger partial charge in [-0.25, -0.2) is 8.42 Å². The molecular formula is C20H25N3O3S2. The van der Waals surface area contributed by atoms with Crippen molar-refractivity contribution in [3.05, 3.63) is 59.7 Å². The van der Waals surface area contributed by atoms with Crippen molar-refractivity contribution in [2.45, 2.75) is 38.0 Å². The highest BCUT2D eigenvalue weighted by molar-refractivity contribution is 7.91. The van der Waals surface area contributed by atoms with Crippen LogP contribution >= 0.6 is 12.2 Å². The van der Waals surface area contributed by atoms with E-state index in [1.54, 1.807) is 24.3 Å². The lowest BCUT2D eigenvalue weighted by Gasteiger charge is -2.13. The van der Waals surface area contributed by atoms with Crippen LogP contribution in [0.1, 0.15) is 37.3 Å². The van der Waals surface area contributed by atoms with Crippen molar-refractivity contribution in [3.63, 3.8) is 0 Å². The lowest BCUT2D eigenvalue weighted by molar-refractivity contribution is -0.121. The molecule has 2 rings (SSSR count). The Labute approximate surface area is 171 Å². The molecule has 0 unspecified atom stereocenters. The molecule has 0 spiro atoms. The number of amides is 1. The van der Waals surface area contributed by atoms with Gasteiger partial charge < -0.3 is 5.32 Å². The molecule has 0 aliphatic heterocycles. The summed E-state index contributed by atoms with van der Waals surface area (Å²) >= 11 is 5.13. The van der Waals surface area contributed by atoms with Gasteiger partial charge in [0.15, 0.2) is 14.9 Å². The highest BCUT2D eigenvalue weighted by Gasteiger charge is 2.16. The predicted molar refractivity (Wildman–Crippen MR) is 116 cm³/mol. The topological polar surface area (TPSA) is 87.3 Å². The molecular weight excluding hydrogens is 394 g/mol. The fourth-order valence-electron chi connectivity index (χ4n) is 2.39. The number of rotatable bonds is 6. The van der Waals surface area contributed by atoms with Crippen LogP contribution in [0.4, 0.5) is 5.69 Å². The molecule has 2 aromatic carbocycles. The minimum absolute atomic E-state index is 0.172. The molecule has 0 radical (unpaired) electrons. The van der Waals surface area contributed by atoms with E-state index >= 15 is 0 Å². The number of sulfone groups is 1. The monoisotopic (exact) mass is 419 g/mol. The maximum absolute atomic E-state index is 12.3. The van der Waals surface area contributed by atoms with E-state index in [4.69, 9.17) is 12.2 Å². The average Bonchev–Trinajstić information content (AvgIpc) is 2.65. The second kappa shape index (κ2) is 9.66. The maximum Gasteiger partial charge on any atom is 0.239 e. The number of benzene rings is 2. The molecule has 150 valence electrons. The van der Waals surface area contributed by atoms with E-state index in [9.17, 15) is 13.2 Å². The van der Waals surface area contributed by atoms with E-state index in [1.807, 2.05) is 31.2 Å². The largest absolute Gasteiger partial charge is 0.331 e. The highest BCUT2D eigenvalue weighted by atomic mass is 32.2. The third-order valence-electron chi connectivity index (χ3n) is 4.13. The standard InChI is InChI=1S/C20H25N3O3S2/c1-14(2)16-6-8-17(9-7-16)21-20(27)23-22-19(24)12-13-28(25,26)18-10-4-15(3)5-11-18/h4-11,14H,12-13H2,1-3H3,(H,22,24)(H2,21,23,27). The molecule has 0 fully saturated rings. The van der Waals surface area contributed by atoms with E-state index < -0.39 is 15.7 Å². The van der Waals surface area contributed by atoms with Gasteiger partial charge in [-0.15, -0.1) is 0 Å². The number of hydrogen-bond donors (Lipinski definition) is 3. The molecule has 2 aromatic rings. The summed E-state index contributed by atoms with van der Waals surface area (Å²) in [5, 5.41) is 3.17. The van der Waals surface area contributed by atoms with Crippen LogP contribution in [0.3, 0.4) is 0 Å². The SMILES string of the molecule is Cc1ccc(S(=O)(=O)CCC(=O)NNC(=S)Nc2ccc(C(C)C)cc2)cc1. The van der Waals surface area contributed by atoms with Crippen LogP contribution in [0.5, 0.6) is 0 Å². The third kappa shape index (κ3) is 6.61. The predicted octanol–water partition coefficient (Wildman–Crippen LogP) is 3.30. The molecule has 1 amide bonds. The van der Waals surface area contributed by atoms with Gasteiger partial charge in [-0.2, -0.15) is 0 Å². The van der Waals surface area contributed by atoms with Crippen molar-refractivity contribution in [2.75, 3.05) is 11.1 Å². The normalized spacial score (nSPS) is 11.1. The first kappa shape index (κ1) is 21.8. The van der Waals surface area contributed by atoms with Gasteiger partial charge in [0.1, 0.15) is 0 Å². The van der Waals surface area contributed by atoms with Crippen molar-refractivity contribution in [2.24, 2.45) is 0 Å². The van der Waals surface area contributed by atoms with Gasteiger partial charge in [0.25, 0.3) is 0 Å². The number of hydrogen-bond acceptors (Lipinski definition) is 4. The molecule has 0 aromatic heterocycles. The van der Waals surface area contributed by atoms with Crippen LogP contribution in [0.25, 0.3) is 0 Å². The van der Waals surface area contributed by atoms with E-state index in [0.717, 1.165) is 11.3 Å². The van der Waals surface area contributed by atoms with E-state index in [1.165, 1.54) is 5.56 Å².